The summed E-state index contributed by atoms with van der Waals surface area (Å²) in [6.45, 7) is 16.0. The zero-order chi connectivity index (χ0) is 13.8. The van der Waals surface area contributed by atoms with E-state index in [9.17, 15) is 0 Å². The molecule has 0 unspecified atom stereocenters. The molecule has 1 saturated carbocycles. The number of hydrogen-bond donors (Lipinski definition) is 0. The molecule has 112 valence electrons. The standard InChI is InChI=1S/C17H34N2/c1-14(2)13-18-9-11-19(12-10-18)17-7-5-16(6-8-17)15(3)4/h14-17H,5-13H2,1-4H3/t16-,17-. The van der Waals surface area contributed by atoms with E-state index >= 15 is 0 Å². The Hall–Kier alpha value is -0.0800. The highest BCUT2D eigenvalue weighted by molar-refractivity contribution is 4.84. The third-order valence-electron chi connectivity index (χ3n) is 5.23. The minimum atomic E-state index is 0.813. The van der Waals surface area contributed by atoms with Crippen LogP contribution in [0.2, 0.25) is 0 Å². The Balaban J connectivity index is 1.71. The van der Waals surface area contributed by atoms with E-state index < -0.39 is 0 Å². The predicted molar refractivity (Wildman–Crippen MR) is 83.4 cm³/mol. The van der Waals surface area contributed by atoms with Crippen LogP contribution in [-0.4, -0.2) is 48.6 Å². The van der Waals surface area contributed by atoms with E-state index in [4.69, 9.17) is 0 Å². The van der Waals surface area contributed by atoms with E-state index in [1.165, 1.54) is 58.4 Å². The molecule has 2 rings (SSSR count). The van der Waals surface area contributed by atoms with E-state index in [2.05, 4.69) is 37.5 Å². The SMILES string of the molecule is CC(C)CN1CCN([C@H]2CC[C@H](C(C)C)CC2)CC1. The lowest BCUT2D eigenvalue weighted by Gasteiger charge is -2.43. The molecule has 1 aliphatic carbocycles. The third-order valence-corrected chi connectivity index (χ3v) is 5.23. The fraction of sp³-hybridized carbons (Fsp3) is 1.00. The summed E-state index contributed by atoms with van der Waals surface area (Å²) in [5.41, 5.74) is 0. The van der Waals surface area contributed by atoms with Crippen molar-refractivity contribution in [2.75, 3.05) is 32.7 Å². The van der Waals surface area contributed by atoms with Crippen molar-refractivity contribution < 1.29 is 0 Å². The van der Waals surface area contributed by atoms with Gasteiger partial charge in [0.2, 0.25) is 0 Å². The van der Waals surface area contributed by atoms with Crippen LogP contribution >= 0.6 is 0 Å². The third kappa shape index (κ3) is 4.46. The summed E-state index contributed by atoms with van der Waals surface area (Å²) >= 11 is 0. The number of nitrogens with zero attached hydrogens (tertiary/aromatic N) is 2. The normalized spacial score (nSPS) is 31.3. The molecule has 0 spiro atoms. The van der Waals surface area contributed by atoms with Gasteiger partial charge in [-0.1, -0.05) is 27.7 Å². The summed E-state index contributed by atoms with van der Waals surface area (Å²) in [4.78, 5) is 5.44. The summed E-state index contributed by atoms with van der Waals surface area (Å²) in [6.07, 6.45) is 5.84. The molecule has 19 heavy (non-hydrogen) atoms. The van der Waals surface area contributed by atoms with E-state index in [1.807, 2.05) is 0 Å². The first-order valence-corrected chi connectivity index (χ1v) is 8.52. The topological polar surface area (TPSA) is 6.48 Å². The van der Waals surface area contributed by atoms with Gasteiger partial charge in [-0.25, -0.2) is 0 Å². The zero-order valence-corrected chi connectivity index (χ0v) is 13.6. The Morgan fingerprint density at radius 1 is 0.842 bits per heavy atom. The van der Waals surface area contributed by atoms with Crippen LogP contribution < -0.4 is 0 Å². The Kier molecular flexibility index (Phi) is 5.70. The number of hydrogen-bond acceptors (Lipinski definition) is 2. The van der Waals surface area contributed by atoms with Crippen LogP contribution in [0.5, 0.6) is 0 Å². The minimum Gasteiger partial charge on any atom is -0.301 e. The summed E-state index contributed by atoms with van der Waals surface area (Å²) in [5, 5.41) is 0. The van der Waals surface area contributed by atoms with Crippen LogP contribution in [0.15, 0.2) is 0 Å². The molecule has 2 aliphatic rings. The molecule has 0 N–H and O–H groups in total. The molecule has 0 amide bonds. The average Bonchev–Trinajstić information content (AvgIpc) is 2.39. The first kappa shape index (κ1) is 15.3. The molecule has 2 nitrogen and oxygen atoms in total. The fourth-order valence-electron chi connectivity index (χ4n) is 3.96. The lowest BCUT2D eigenvalue weighted by molar-refractivity contribution is 0.0611. The summed E-state index contributed by atoms with van der Waals surface area (Å²) in [6, 6.07) is 0.899. The van der Waals surface area contributed by atoms with Crippen molar-refractivity contribution in [3.63, 3.8) is 0 Å². The van der Waals surface area contributed by atoms with Crippen LogP contribution in [0.4, 0.5) is 0 Å². The maximum absolute atomic E-state index is 2.79. The molecule has 0 aromatic heterocycles. The Bertz CT molecular complexity index is 246. The van der Waals surface area contributed by atoms with Crippen LogP contribution in [0.3, 0.4) is 0 Å². The molecule has 0 aromatic carbocycles. The molecule has 1 aliphatic heterocycles. The fourth-order valence-corrected chi connectivity index (χ4v) is 3.96. The molecule has 0 aromatic rings. The highest BCUT2D eigenvalue weighted by atomic mass is 15.3. The van der Waals surface area contributed by atoms with Crippen molar-refractivity contribution in [2.45, 2.75) is 59.4 Å². The highest BCUT2D eigenvalue weighted by Gasteiger charge is 2.29. The lowest BCUT2D eigenvalue weighted by Crippen LogP contribution is -2.51. The van der Waals surface area contributed by atoms with Gasteiger partial charge >= 0.3 is 0 Å². The molecule has 2 heteroatoms. The van der Waals surface area contributed by atoms with E-state index in [1.54, 1.807) is 0 Å². The first-order chi connectivity index (χ1) is 9.06. The van der Waals surface area contributed by atoms with Gasteiger partial charge in [0.1, 0.15) is 0 Å². The van der Waals surface area contributed by atoms with Crippen molar-refractivity contribution in [2.24, 2.45) is 17.8 Å². The van der Waals surface area contributed by atoms with E-state index in [-0.39, 0.29) is 0 Å². The van der Waals surface area contributed by atoms with Gasteiger partial charge in [-0.05, 0) is 43.4 Å². The second kappa shape index (κ2) is 7.08. The molecular weight excluding hydrogens is 232 g/mol. The van der Waals surface area contributed by atoms with Gasteiger partial charge in [0.05, 0.1) is 0 Å². The zero-order valence-electron chi connectivity index (χ0n) is 13.6. The quantitative estimate of drug-likeness (QED) is 0.769. The molecule has 2 fully saturated rings. The molecule has 1 heterocycles. The Morgan fingerprint density at radius 2 is 1.42 bits per heavy atom. The Labute approximate surface area is 120 Å². The largest absolute Gasteiger partial charge is 0.301 e. The monoisotopic (exact) mass is 266 g/mol. The molecule has 0 atom stereocenters. The van der Waals surface area contributed by atoms with Gasteiger partial charge in [0, 0.05) is 38.8 Å². The van der Waals surface area contributed by atoms with Crippen LogP contribution in [0.1, 0.15) is 53.4 Å². The van der Waals surface area contributed by atoms with Crippen LogP contribution in [0, 0.1) is 17.8 Å². The smallest absolute Gasteiger partial charge is 0.0113 e. The molecule has 1 saturated heterocycles. The molecule has 0 bridgehead atoms. The van der Waals surface area contributed by atoms with Gasteiger partial charge in [-0.15, -0.1) is 0 Å². The number of rotatable bonds is 4. The van der Waals surface area contributed by atoms with Gasteiger partial charge < -0.3 is 4.90 Å². The predicted octanol–water partition coefficient (Wildman–Crippen LogP) is 3.47. The van der Waals surface area contributed by atoms with Crippen molar-refractivity contribution in [3.8, 4) is 0 Å². The van der Waals surface area contributed by atoms with Gasteiger partial charge in [0.15, 0.2) is 0 Å². The summed E-state index contributed by atoms with van der Waals surface area (Å²) in [5.74, 6) is 2.70. The van der Waals surface area contributed by atoms with Gasteiger partial charge in [0.25, 0.3) is 0 Å². The van der Waals surface area contributed by atoms with Gasteiger partial charge in [-0.2, -0.15) is 0 Å². The maximum Gasteiger partial charge on any atom is 0.0113 e. The summed E-state index contributed by atoms with van der Waals surface area (Å²) < 4.78 is 0. The van der Waals surface area contributed by atoms with E-state index in [0.29, 0.717) is 0 Å². The van der Waals surface area contributed by atoms with Crippen molar-refractivity contribution in [1.82, 2.24) is 9.80 Å². The first-order valence-electron chi connectivity index (χ1n) is 8.52. The van der Waals surface area contributed by atoms with E-state index in [0.717, 1.165) is 23.8 Å². The van der Waals surface area contributed by atoms with Crippen LogP contribution in [0.25, 0.3) is 0 Å². The molecule has 0 radical (unpaired) electrons. The van der Waals surface area contributed by atoms with Crippen molar-refractivity contribution in [3.05, 3.63) is 0 Å². The minimum absolute atomic E-state index is 0.813. The second-order valence-electron chi connectivity index (χ2n) is 7.54. The highest BCUT2D eigenvalue weighted by Crippen LogP contribution is 2.32. The van der Waals surface area contributed by atoms with Gasteiger partial charge in [-0.3, -0.25) is 4.90 Å². The number of piperazine rings is 1. The summed E-state index contributed by atoms with van der Waals surface area (Å²) in [7, 11) is 0. The maximum atomic E-state index is 2.79. The van der Waals surface area contributed by atoms with Crippen molar-refractivity contribution >= 4 is 0 Å². The average molecular weight is 266 g/mol. The van der Waals surface area contributed by atoms with Crippen molar-refractivity contribution in [1.29, 1.82) is 0 Å². The van der Waals surface area contributed by atoms with Crippen LogP contribution in [-0.2, 0) is 0 Å². The molecular formula is C17H34N2. The second-order valence-corrected chi connectivity index (χ2v) is 7.54. The lowest BCUT2D eigenvalue weighted by atomic mass is 9.79. The Morgan fingerprint density at radius 3 is 1.89 bits per heavy atom.